The lowest BCUT2D eigenvalue weighted by Gasteiger charge is -2.51. The number of hydrogen-bond acceptors (Lipinski definition) is 2. The molecule has 0 bridgehead atoms. The summed E-state index contributed by atoms with van der Waals surface area (Å²) in [6, 6.07) is 0. The van der Waals surface area contributed by atoms with Crippen LogP contribution in [0, 0.1) is 0 Å². The molecule has 1 rings (SSSR count). The van der Waals surface area contributed by atoms with Gasteiger partial charge in [-0.1, -0.05) is 26.9 Å². The van der Waals surface area contributed by atoms with Gasteiger partial charge in [0.15, 0.2) is 8.24 Å². The molecule has 2 N–H and O–H groups in total. The van der Waals surface area contributed by atoms with E-state index in [4.69, 9.17) is 5.73 Å². The lowest BCUT2D eigenvalue weighted by atomic mass is 10.2. The van der Waals surface area contributed by atoms with Crippen molar-refractivity contribution in [2.75, 3.05) is 13.1 Å². The predicted octanol–water partition coefficient (Wildman–Crippen LogP) is 1.16. The fraction of sp³-hybridized carbons (Fsp3) is 0.889. The molecular formula is C9H20N2OSi. The Morgan fingerprint density at radius 3 is 2.31 bits per heavy atom. The summed E-state index contributed by atoms with van der Waals surface area (Å²) in [7, 11) is -1.65. The Balaban J connectivity index is 2.80. The second-order valence-electron chi connectivity index (χ2n) is 4.94. The Labute approximate surface area is 81.4 Å². The number of carbonyl (C=O) groups excluding carboxylic acids is 1. The van der Waals surface area contributed by atoms with Crippen LogP contribution in [-0.4, -0.2) is 31.8 Å². The van der Waals surface area contributed by atoms with E-state index in [9.17, 15) is 4.79 Å². The number of rotatable bonds is 3. The highest BCUT2D eigenvalue weighted by Gasteiger charge is 2.48. The summed E-state index contributed by atoms with van der Waals surface area (Å²) in [6.45, 7) is 10.4. The number of β-lactam (4-membered cyclic amide) rings is 1. The van der Waals surface area contributed by atoms with Crippen molar-refractivity contribution >= 4 is 14.1 Å². The van der Waals surface area contributed by atoms with Crippen LogP contribution >= 0.6 is 0 Å². The molecule has 76 valence electrons. The van der Waals surface area contributed by atoms with Crippen molar-refractivity contribution in [2.45, 2.75) is 38.4 Å². The molecule has 0 aromatic heterocycles. The van der Waals surface area contributed by atoms with Gasteiger partial charge < -0.3 is 10.3 Å². The molecule has 4 heteroatoms. The van der Waals surface area contributed by atoms with Crippen LogP contribution in [0.3, 0.4) is 0 Å². The molecule has 1 amide bonds. The summed E-state index contributed by atoms with van der Waals surface area (Å²) in [5.74, 6) is 0.318. The standard InChI is InChI=1S/C9H20N2OSi/c1-9(2,7-10)13(3,4)11-6-5-8(11)12/h5-7,10H2,1-4H3. The molecule has 13 heavy (non-hydrogen) atoms. The molecule has 0 aliphatic carbocycles. The molecule has 0 radical (unpaired) electrons. The van der Waals surface area contributed by atoms with E-state index in [2.05, 4.69) is 31.5 Å². The number of hydrogen-bond donors (Lipinski definition) is 1. The zero-order valence-electron chi connectivity index (χ0n) is 9.05. The van der Waals surface area contributed by atoms with Gasteiger partial charge in [0, 0.05) is 13.0 Å². The Kier molecular flexibility index (Phi) is 2.56. The summed E-state index contributed by atoms with van der Waals surface area (Å²) < 4.78 is 2.07. The van der Waals surface area contributed by atoms with Crippen molar-refractivity contribution in [3.8, 4) is 0 Å². The fourth-order valence-electron chi connectivity index (χ4n) is 1.52. The van der Waals surface area contributed by atoms with Gasteiger partial charge in [-0.25, -0.2) is 0 Å². The molecular weight excluding hydrogens is 180 g/mol. The largest absolute Gasteiger partial charge is 0.369 e. The summed E-state index contributed by atoms with van der Waals surface area (Å²) in [5.41, 5.74) is 5.75. The number of nitrogens with zero attached hydrogens (tertiary/aromatic N) is 1. The topological polar surface area (TPSA) is 46.3 Å². The molecule has 0 spiro atoms. The maximum atomic E-state index is 11.4. The zero-order chi connectivity index (χ0) is 10.3. The van der Waals surface area contributed by atoms with E-state index in [0.29, 0.717) is 12.5 Å². The van der Waals surface area contributed by atoms with Crippen molar-refractivity contribution in [2.24, 2.45) is 5.73 Å². The molecule has 3 nitrogen and oxygen atoms in total. The molecule has 1 aliphatic heterocycles. The normalized spacial score (nSPS) is 18.8. The summed E-state index contributed by atoms with van der Waals surface area (Å²) in [5, 5.41) is 0.114. The number of amides is 1. The molecule has 1 aliphatic rings. The molecule has 0 unspecified atom stereocenters. The average Bonchev–Trinajstić information content (AvgIpc) is 2.00. The van der Waals surface area contributed by atoms with Crippen molar-refractivity contribution < 1.29 is 4.79 Å². The smallest absolute Gasteiger partial charge is 0.216 e. The van der Waals surface area contributed by atoms with Crippen molar-refractivity contribution in [1.29, 1.82) is 0 Å². The van der Waals surface area contributed by atoms with Crippen LogP contribution in [0.2, 0.25) is 18.1 Å². The van der Waals surface area contributed by atoms with Gasteiger partial charge in [-0.2, -0.15) is 0 Å². The minimum Gasteiger partial charge on any atom is -0.369 e. The van der Waals surface area contributed by atoms with E-state index in [-0.39, 0.29) is 5.04 Å². The Morgan fingerprint density at radius 2 is 2.08 bits per heavy atom. The molecule has 0 aromatic carbocycles. The Morgan fingerprint density at radius 1 is 1.54 bits per heavy atom. The fourth-order valence-corrected chi connectivity index (χ4v) is 4.16. The van der Waals surface area contributed by atoms with Gasteiger partial charge in [-0.05, 0) is 11.6 Å². The average molecular weight is 200 g/mol. The van der Waals surface area contributed by atoms with Crippen molar-refractivity contribution in [1.82, 2.24) is 4.57 Å². The lowest BCUT2D eigenvalue weighted by molar-refractivity contribution is -0.134. The van der Waals surface area contributed by atoms with Crippen LogP contribution < -0.4 is 5.73 Å². The van der Waals surface area contributed by atoms with E-state index in [1.54, 1.807) is 0 Å². The second kappa shape index (κ2) is 3.10. The van der Waals surface area contributed by atoms with Gasteiger partial charge in [0.1, 0.15) is 0 Å². The van der Waals surface area contributed by atoms with Crippen LogP contribution in [-0.2, 0) is 4.79 Å². The Bertz CT molecular complexity index is 226. The minimum atomic E-state index is -1.65. The number of carbonyl (C=O) groups is 1. The highest BCUT2D eigenvalue weighted by molar-refractivity contribution is 6.80. The van der Waals surface area contributed by atoms with Crippen molar-refractivity contribution in [3.05, 3.63) is 0 Å². The number of nitrogens with two attached hydrogens (primary N) is 1. The van der Waals surface area contributed by atoms with Gasteiger partial charge in [0.05, 0.1) is 0 Å². The van der Waals surface area contributed by atoms with Gasteiger partial charge in [0.25, 0.3) is 0 Å². The van der Waals surface area contributed by atoms with Gasteiger partial charge in [-0.3, -0.25) is 4.79 Å². The maximum absolute atomic E-state index is 11.4. The first-order valence-electron chi connectivity index (χ1n) is 4.83. The third-order valence-corrected chi connectivity index (χ3v) is 9.03. The van der Waals surface area contributed by atoms with Crippen LogP contribution in [0.4, 0.5) is 0 Å². The minimum absolute atomic E-state index is 0.114. The molecule has 0 saturated carbocycles. The first-order valence-corrected chi connectivity index (χ1v) is 7.78. The quantitative estimate of drug-likeness (QED) is 0.549. The summed E-state index contributed by atoms with van der Waals surface area (Å²) in [4.78, 5) is 11.4. The molecule has 1 heterocycles. The SMILES string of the molecule is CC(C)(CN)[Si](C)(C)N1CCC1=O. The van der Waals surface area contributed by atoms with E-state index in [1.165, 1.54) is 0 Å². The van der Waals surface area contributed by atoms with E-state index in [1.807, 2.05) is 0 Å². The summed E-state index contributed by atoms with van der Waals surface area (Å²) >= 11 is 0. The third kappa shape index (κ3) is 1.53. The maximum Gasteiger partial charge on any atom is 0.216 e. The van der Waals surface area contributed by atoms with Crippen LogP contribution in [0.1, 0.15) is 20.3 Å². The molecule has 1 saturated heterocycles. The van der Waals surface area contributed by atoms with Crippen LogP contribution in [0.25, 0.3) is 0 Å². The highest BCUT2D eigenvalue weighted by atomic mass is 28.3. The highest BCUT2D eigenvalue weighted by Crippen LogP contribution is 2.40. The molecule has 1 fully saturated rings. The first-order chi connectivity index (χ1) is 5.83. The van der Waals surface area contributed by atoms with E-state index >= 15 is 0 Å². The zero-order valence-corrected chi connectivity index (χ0v) is 10.1. The Hall–Kier alpha value is -0.353. The lowest BCUT2D eigenvalue weighted by Crippen LogP contribution is -2.65. The van der Waals surface area contributed by atoms with Crippen LogP contribution in [0.5, 0.6) is 0 Å². The second-order valence-corrected chi connectivity index (χ2v) is 9.95. The van der Waals surface area contributed by atoms with Gasteiger partial charge in [-0.15, -0.1) is 0 Å². The van der Waals surface area contributed by atoms with E-state index in [0.717, 1.165) is 13.0 Å². The monoisotopic (exact) mass is 200 g/mol. The first kappa shape index (κ1) is 10.7. The van der Waals surface area contributed by atoms with Crippen LogP contribution in [0.15, 0.2) is 0 Å². The summed E-state index contributed by atoms with van der Waals surface area (Å²) in [6.07, 6.45) is 0.733. The van der Waals surface area contributed by atoms with Crippen molar-refractivity contribution in [3.63, 3.8) is 0 Å². The predicted molar refractivity (Wildman–Crippen MR) is 56.9 cm³/mol. The third-order valence-electron chi connectivity index (χ3n) is 3.69. The van der Waals surface area contributed by atoms with Gasteiger partial charge in [0.2, 0.25) is 5.91 Å². The van der Waals surface area contributed by atoms with Gasteiger partial charge >= 0.3 is 0 Å². The van der Waals surface area contributed by atoms with E-state index < -0.39 is 8.24 Å². The molecule has 0 atom stereocenters. The molecule has 0 aromatic rings.